The molecule has 6 heterocycles. The molecule has 17 heteroatoms. The van der Waals surface area contributed by atoms with Crippen molar-refractivity contribution in [2.75, 3.05) is 6.61 Å². The van der Waals surface area contributed by atoms with E-state index >= 15 is 0 Å². The summed E-state index contributed by atoms with van der Waals surface area (Å²) in [6.45, 7) is 3.61. The van der Waals surface area contributed by atoms with Crippen LogP contribution in [0, 0.1) is 5.92 Å². The second-order valence-corrected chi connectivity index (χ2v) is 11.0. The number of aromatic nitrogens is 8. The van der Waals surface area contributed by atoms with Crippen LogP contribution < -0.4 is 11.1 Å². The summed E-state index contributed by atoms with van der Waals surface area (Å²) in [6, 6.07) is 8.85. The number of carbonyl (C=O) groups excluding carboxylic acids is 1. The van der Waals surface area contributed by atoms with Crippen LogP contribution in [0.4, 0.5) is 0 Å². The molecule has 0 saturated carbocycles. The molecule has 2 aliphatic rings. The van der Waals surface area contributed by atoms with Gasteiger partial charge in [-0.2, -0.15) is 10.2 Å². The molecule has 4 aromatic heterocycles. The number of nitrogens with zero attached hydrogens (tertiary/aromatic N) is 6. The average Bonchev–Trinajstić information content (AvgIpc) is 3.83. The van der Waals surface area contributed by atoms with E-state index in [1.807, 2.05) is 19.9 Å². The van der Waals surface area contributed by atoms with Gasteiger partial charge in [0.1, 0.15) is 18.3 Å². The van der Waals surface area contributed by atoms with Gasteiger partial charge in [-0.15, -0.1) is 0 Å². The van der Waals surface area contributed by atoms with Crippen LogP contribution in [0.3, 0.4) is 0 Å². The van der Waals surface area contributed by atoms with Crippen molar-refractivity contribution in [2.24, 2.45) is 5.92 Å². The number of hydrogen-bond acceptors (Lipinski definition) is 13. The first-order valence-corrected chi connectivity index (χ1v) is 14.6. The molecule has 0 unspecified atom stereocenters. The van der Waals surface area contributed by atoms with Crippen LogP contribution in [0.25, 0.3) is 22.1 Å². The topological polar surface area (TPSA) is 233 Å². The molecule has 0 spiro atoms. The Bertz CT molecular complexity index is 1940. The molecule has 2 aliphatic heterocycles. The fourth-order valence-corrected chi connectivity index (χ4v) is 5.75. The van der Waals surface area contributed by atoms with Gasteiger partial charge in [-0.1, -0.05) is 32.0 Å². The van der Waals surface area contributed by atoms with Gasteiger partial charge in [0.05, 0.1) is 54.4 Å². The molecule has 1 aromatic carbocycles. The van der Waals surface area contributed by atoms with Gasteiger partial charge in [0.15, 0.2) is 29.6 Å². The summed E-state index contributed by atoms with van der Waals surface area (Å²) in [5.41, 5.74) is 0.997. The second kappa shape index (κ2) is 12.9. The molecule has 5 aromatic rings. The van der Waals surface area contributed by atoms with Crippen LogP contribution >= 0.6 is 0 Å². The van der Waals surface area contributed by atoms with Crippen molar-refractivity contribution in [2.45, 2.75) is 63.2 Å². The third-order valence-corrected chi connectivity index (χ3v) is 8.22. The summed E-state index contributed by atoms with van der Waals surface area (Å²) in [6.07, 6.45) is 1.11. The van der Waals surface area contributed by atoms with Gasteiger partial charge in [-0.25, -0.2) is 25.0 Å². The molecule has 2 saturated heterocycles. The third-order valence-electron chi connectivity index (χ3n) is 8.22. The minimum Gasteiger partial charge on any atom is -0.454 e. The highest BCUT2D eigenvalue weighted by molar-refractivity contribution is 5.89. The Morgan fingerprint density at radius 3 is 2.00 bits per heavy atom. The molecule has 46 heavy (non-hydrogen) atoms. The van der Waals surface area contributed by atoms with Crippen LogP contribution in [-0.2, 0) is 14.2 Å². The van der Waals surface area contributed by atoms with Crippen LogP contribution in [-0.4, -0.2) is 97.9 Å². The Labute approximate surface area is 259 Å². The zero-order valence-electron chi connectivity index (χ0n) is 24.7. The largest absolute Gasteiger partial charge is 0.454 e. The van der Waals surface area contributed by atoms with Gasteiger partial charge in [0.25, 0.3) is 11.1 Å². The van der Waals surface area contributed by atoms with Crippen LogP contribution in [0.1, 0.15) is 43.1 Å². The first-order valence-electron chi connectivity index (χ1n) is 14.6. The molecule has 17 nitrogen and oxygen atoms in total. The number of hydrogen-bond donors (Lipinski definition) is 5. The second-order valence-electron chi connectivity index (χ2n) is 11.0. The molecule has 7 rings (SSSR count). The van der Waals surface area contributed by atoms with E-state index in [4.69, 9.17) is 19.3 Å². The molecule has 0 bridgehead atoms. The highest BCUT2D eigenvalue weighted by Crippen LogP contribution is 2.39. The van der Waals surface area contributed by atoms with Crippen molar-refractivity contribution in [3.63, 3.8) is 0 Å². The van der Waals surface area contributed by atoms with Crippen molar-refractivity contribution in [3.8, 4) is 0 Å². The summed E-state index contributed by atoms with van der Waals surface area (Å²) < 4.78 is 20.5. The lowest BCUT2D eigenvalue weighted by Gasteiger charge is -2.22. The molecule has 0 aliphatic carbocycles. The number of fused-ring (bicyclic) bond motifs is 2. The molecule has 242 valence electrons. The number of ether oxygens (including phenoxy) is 3. The molecule has 0 radical (unpaired) electrons. The summed E-state index contributed by atoms with van der Waals surface area (Å²) in [5, 5.41) is 40.8. The number of rotatable bonds is 6. The predicted octanol–water partition coefficient (Wildman–Crippen LogP) is 0.0198. The van der Waals surface area contributed by atoms with E-state index in [0.29, 0.717) is 16.6 Å². The van der Waals surface area contributed by atoms with Gasteiger partial charge < -0.3 is 29.5 Å². The Morgan fingerprint density at radius 2 is 1.46 bits per heavy atom. The van der Waals surface area contributed by atoms with Gasteiger partial charge in [0.2, 0.25) is 0 Å². The van der Waals surface area contributed by atoms with Crippen molar-refractivity contribution in [1.82, 2.24) is 39.5 Å². The van der Waals surface area contributed by atoms with E-state index in [9.17, 15) is 24.6 Å². The van der Waals surface area contributed by atoms with Gasteiger partial charge in [-0.05, 0) is 18.6 Å². The summed E-state index contributed by atoms with van der Waals surface area (Å²) in [5.74, 6) is -0.418. The van der Waals surface area contributed by atoms with Crippen molar-refractivity contribution >= 4 is 28.0 Å². The van der Waals surface area contributed by atoms with E-state index in [1.54, 1.807) is 28.8 Å². The van der Waals surface area contributed by atoms with E-state index in [-0.39, 0.29) is 28.6 Å². The van der Waals surface area contributed by atoms with E-state index in [1.165, 1.54) is 29.6 Å². The molecule has 2 fully saturated rings. The van der Waals surface area contributed by atoms with E-state index in [2.05, 4.69) is 30.4 Å². The van der Waals surface area contributed by atoms with Crippen molar-refractivity contribution < 1.29 is 34.3 Å². The van der Waals surface area contributed by atoms with Crippen LogP contribution in [0.15, 0.2) is 65.0 Å². The number of esters is 1. The maximum Gasteiger partial charge on any atom is 0.338 e. The Morgan fingerprint density at radius 1 is 0.891 bits per heavy atom. The monoisotopic (exact) mass is 636 g/mol. The lowest BCUT2D eigenvalue weighted by molar-refractivity contribution is -0.0509. The molecular formula is C29H32N8O9. The lowest BCUT2D eigenvalue weighted by Crippen LogP contribution is -2.33. The Balaban J connectivity index is 0.000000172. The van der Waals surface area contributed by atoms with Crippen molar-refractivity contribution in [1.29, 1.82) is 0 Å². The third kappa shape index (κ3) is 5.58. The number of imidazole rings is 2. The molecular weight excluding hydrogens is 604 g/mol. The maximum atomic E-state index is 12.6. The first kappa shape index (κ1) is 31.2. The number of H-pyrrole nitrogens is 2. The summed E-state index contributed by atoms with van der Waals surface area (Å²) in [7, 11) is 0. The fourth-order valence-electron chi connectivity index (χ4n) is 5.75. The molecule has 5 N–H and O–H groups in total. The first-order chi connectivity index (χ1) is 22.2. The van der Waals surface area contributed by atoms with Crippen LogP contribution in [0.5, 0.6) is 0 Å². The highest BCUT2D eigenvalue weighted by Gasteiger charge is 2.46. The normalized spacial score (nSPS) is 27.5. The van der Waals surface area contributed by atoms with Crippen molar-refractivity contribution in [3.05, 3.63) is 81.7 Å². The number of benzene rings is 1. The summed E-state index contributed by atoms with van der Waals surface area (Å²) in [4.78, 5) is 44.1. The fraction of sp³-hybridized carbons (Fsp3) is 0.414. The number of aromatic amines is 2. The number of nitrogens with one attached hydrogen (secondary N) is 2. The summed E-state index contributed by atoms with van der Waals surface area (Å²) >= 11 is 0. The maximum absolute atomic E-state index is 12.6. The quantitative estimate of drug-likeness (QED) is 0.155. The van der Waals surface area contributed by atoms with Crippen LogP contribution in [0.2, 0.25) is 0 Å². The molecule has 8 atom stereocenters. The van der Waals surface area contributed by atoms with E-state index in [0.717, 1.165) is 6.42 Å². The zero-order chi connectivity index (χ0) is 32.5. The number of carbonyl (C=O) groups is 1. The average molecular weight is 637 g/mol. The minimum atomic E-state index is -1.23. The Hall–Kier alpha value is -4.81. The SMILES string of the molecule is CC[C@H]1O[C@@H](n2cnc3c(=O)[nH]ncc32)[C@H](OC(=O)c2ccccc2)[C@@H]1C.O=c1[nH]ncc2c1ncn2[C@@H]1O[C@H](CO)[C@@H](O)[C@H]1O. The Kier molecular flexibility index (Phi) is 8.74. The minimum absolute atomic E-state index is 0.0138. The van der Waals surface area contributed by atoms with Gasteiger partial charge >= 0.3 is 5.97 Å². The zero-order valence-corrected chi connectivity index (χ0v) is 24.7. The molecule has 0 amide bonds. The predicted molar refractivity (Wildman–Crippen MR) is 158 cm³/mol. The number of aliphatic hydroxyl groups excluding tert-OH is 3. The number of aliphatic hydroxyl groups is 3. The van der Waals surface area contributed by atoms with E-state index < -0.39 is 55.0 Å². The smallest absolute Gasteiger partial charge is 0.338 e. The lowest BCUT2D eigenvalue weighted by atomic mass is 9.98. The highest BCUT2D eigenvalue weighted by atomic mass is 16.6. The van der Waals surface area contributed by atoms with Gasteiger partial charge in [0, 0.05) is 5.92 Å². The standard InChI is InChI=1S/C19H20N4O4.C10H12N4O5/c1-3-14-11(2)16(27-19(25)12-7-5-4-6-8-12)18(26-14)23-10-20-15-13(23)9-21-22-17(15)24;15-2-5-7(16)8(17)10(19-5)14-3-11-6-4(14)1-12-13-9(6)18/h4-11,14,16,18H,3H2,1-2H3,(H,22,24);1,3,5,7-8,10,15-17H,2H2,(H,13,18)/t11-,14-,16-,18-;5-,7-,8-,10-/m11/s1. The van der Waals surface area contributed by atoms with Gasteiger partial charge in [-0.3, -0.25) is 18.7 Å².